The molecule has 5 heteroatoms. The summed E-state index contributed by atoms with van der Waals surface area (Å²) in [6, 6.07) is 10.3. The molecule has 0 aliphatic carbocycles. The van der Waals surface area contributed by atoms with Crippen molar-refractivity contribution in [3.05, 3.63) is 59.2 Å². The van der Waals surface area contributed by atoms with Crippen LogP contribution in [0, 0.1) is 19.7 Å². The van der Waals surface area contributed by atoms with Gasteiger partial charge in [0.25, 0.3) is 0 Å². The molecule has 0 saturated heterocycles. The number of rotatable bonds is 3. The molecule has 102 valence electrons. The van der Waals surface area contributed by atoms with Crippen molar-refractivity contribution < 1.29 is 4.39 Å². The molecule has 1 N–H and O–H groups in total. The molecule has 0 atom stereocenters. The molecular weight excluding hydrogens is 255 g/mol. The Labute approximate surface area is 116 Å². The summed E-state index contributed by atoms with van der Waals surface area (Å²) in [5, 5.41) is 7.73. The van der Waals surface area contributed by atoms with E-state index >= 15 is 0 Å². The molecule has 3 rings (SSSR count). The predicted octanol–water partition coefficient (Wildman–Crippen LogP) is 3.10. The third kappa shape index (κ3) is 2.47. The van der Waals surface area contributed by atoms with Gasteiger partial charge < -0.3 is 5.32 Å². The average Bonchev–Trinajstić information content (AvgIpc) is 2.78. The van der Waals surface area contributed by atoms with E-state index in [9.17, 15) is 4.39 Å². The molecule has 0 saturated carbocycles. The molecule has 0 spiro atoms. The second-order valence-electron chi connectivity index (χ2n) is 4.82. The largest absolute Gasteiger partial charge is 0.366 e. The number of aryl methyl sites for hydroxylation is 2. The number of fused-ring (bicyclic) bond motifs is 1. The number of hydrogen-bond donors (Lipinski definition) is 1. The number of nitrogens with one attached hydrogen (secondary N) is 1. The fraction of sp³-hybridized carbons (Fsp3) is 0.200. The number of halogens is 1. The fourth-order valence-corrected chi connectivity index (χ4v) is 2.14. The van der Waals surface area contributed by atoms with Crippen molar-refractivity contribution in [1.82, 2.24) is 14.6 Å². The SMILES string of the molecule is Cc1cc(NCc2ccc(F)cc2)n2nc(C)cc2n1. The molecule has 0 aliphatic rings. The Kier molecular flexibility index (Phi) is 3.10. The molecule has 4 nitrogen and oxygen atoms in total. The Hall–Kier alpha value is -2.43. The first-order valence-corrected chi connectivity index (χ1v) is 6.44. The lowest BCUT2D eigenvalue weighted by Crippen LogP contribution is -2.06. The van der Waals surface area contributed by atoms with Crippen LogP contribution >= 0.6 is 0 Å². The summed E-state index contributed by atoms with van der Waals surface area (Å²) in [6.07, 6.45) is 0. The molecule has 1 aromatic carbocycles. The summed E-state index contributed by atoms with van der Waals surface area (Å²) in [4.78, 5) is 4.43. The van der Waals surface area contributed by atoms with Gasteiger partial charge in [-0.25, -0.2) is 9.37 Å². The van der Waals surface area contributed by atoms with Gasteiger partial charge in [0.2, 0.25) is 0 Å². The van der Waals surface area contributed by atoms with Gasteiger partial charge in [-0.05, 0) is 31.5 Å². The van der Waals surface area contributed by atoms with E-state index in [2.05, 4.69) is 15.4 Å². The average molecular weight is 270 g/mol. The van der Waals surface area contributed by atoms with E-state index in [1.165, 1.54) is 12.1 Å². The first kappa shape index (κ1) is 12.6. The van der Waals surface area contributed by atoms with Crippen LogP contribution in [0.25, 0.3) is 5.65 Å². The van der Waals surface area contributed by atoms with Crippen molar-refractivity contribution in [3.8, 4) is 0 Å². The minimum absolute atomic E-state index is 0.224. The Morgan fingerprint density at radius 3 is 2.60 bits per heavy atom. The third-order valence-electron chi connectivity index (χ3n) is 3.06. The van der Waals surface area contributed by atoms with E-state index in [0.29, 0.717) is 6.54 Å². The highest BCUT2D eigenvalue weighted by molar-refractivity contribution is 5.50. The lowest BCUT2D eigenvalue weighted by Gasteiger charge is -2.09. The van der Waals surface area contributed by atoms with Crippen molar-refractivity contribution >= 4 is 11.5 Å². The van der Waals surface area contributed by atoms with Gasteiger partial charge in [0.05, 0.1) is 5.69 Å². The minimum atomic E-state index is -0.224. The zero-order valence-electron chi connectivity index (χ0n) is 11.4. The maximum Gasteiger partial charge on any atom is 0.157 e. The second kappa shape index (κ2) is 4.92. The lowest BCUT2D eigenvalue weighted by molar-refractivity contribution is 0.627. The van der Waals surface area contributed by atoms with E-state index in [4.69, 9.17) is 0 Å². The van der Waals surface area contributed by atoms with Gasteiger partial charge in [0.15, 0.2) is 5.65 Å². The molecular formula is C15H15FN4. The van der Waals surface area contributed by atoms with Crippen LogP contribution in [-0.4, -0.2) is 14.6 Å². The zero-order valence-corrected chi connectivity index (χ0v) is 11.4. The second-order valence-corrected chi connectivity index (χ2v) is 4.82. The van der Waals surface area contributed by atoms with Crippen LogP contribution in [0.3, 0.4) is 0 Å². The normalized spacial score (nSPS) is 10.9. The number of hydrogen-bond acceptors (Lipinski definition) is 3. The molecule has 0 aliphatic heterocycles. The molecule has 20 heavy (non-hydrogen) atoms. The van der Waals surface area contributed by atoms with E-state index in [0.717, 1.165) is 28.4 Å². The molecule has 0 unspecified atom stereocenters. The minimum Gasteiger partial charge on any atom is -0.366 e. The van der Waals surface area contributed by atoms with Crippen molar-refractivity contribution in [3.63, 3.8) is 0 Å². The van der Waals surface area contributed by atoms with Gasteiger partial charge in [-0.1, -0.05) is 12.1 Å². The number of anilines is 1. The highest BCUT2D eigenvalue weighted by Gasteiger charge is 2.06. The molecule has 0 bridgehead atoms. The topological polar surface area (TPSA) is 42.2 Å². The van der Waals surface area contributed by atoms with Gasteiger partial charge in [0, 0.05) is 24.4 Å². The molecule has 0 radical (unpaired) electrons. The molecule has 3 aromatic rings. The molecule has 0 amide bonds. The van der Waals surface area contributed by atoms with Crippen molar-refractivity contribution in [1.29, 1.82) is 0 Å². The Morgan fingerprint density at radius 1 is 1.10 bits per heavy atom. The number of nitrogens with zero attached hydrogens (tertiary/aromatic N) is 3. The van der Waals surface area contributed by atoms with E-state index in [1.807, 2.05) is 26.0 Å². The maximum atomic E-state index is 12.9. The maximum absolute atomic E-state index is 12.9. The molecule has 2 heterocycles. The van der Waals surface area contributed by atoms with Gasteiger partial charge in [-0.3, -0.25) is 0 Å². The van der Waals surface area contributed by atoms with Crippen molar-refractivity contribution in [2.24, 2.45) is 0 Å². The Bertz CT molecular complexity index is 746. The quantitative estimate of drug-likeness (QED) is 0.795. The smallest absolute Gasteiger partial charge is 0.157 e. The first-order chi connectivity index (χ1) is 9.61. The fourth-order valence-electron chi connectivity index (χ4n) is 2.14. The van der Waals surface area contributed by atoms with Gasteiger partial charge in [-0.15, -0.1) is 0 Å². The lowest BCUT2D eigenvalue weighted by atomic mass is 10.2. The van der Waals surface area contributed by atoms with Crippen molar-refractivity contribution in [2.45, 2.75) is 20.4 Å². The van der Waals surface area contributed by atoms with Crippen LogP contribution in [0.2, 0.25) is 0 Å². The standard InChI is InChI=1S/C15H15FN4/c1-10-7-14(20-15(18-10)8-11(2)19-20)17-9-12-3-5-13(16)6-4-12/h3-8,17H,9H2,1-2H3. The summed E-state index contributed by atoms with van der Waals surface area (Å²) in [6.45, 7) is 4.50. The van der Waals surface area contributed by atoms with Gasteiger partial charge in [0.1, 0.15) is 11.6 Å². The first-order valence-electron chi connectivity index (χ1n) is 6.44. The van der Waals surface area contributed by atoms with Crippen LogP contribution in [0.1, 0.15) is 17.0 Å². The van der Waals surface area contributed by atoms with E-state index in [1.54, 1.807) is 16.6 Å². The van der Waals surface area contributed by atoms with Crippen LogP contribution in [0.4, 0.5) is 10.2 Å². The highest BCUT2D eigenvalue weighted by atomic mass is 19.1. The number of aromatic nitrogens is 3. The number of benzene rings is 1. The van der Waals surface area contributed by atoms with Crippen LogP contribution in [0.5, 0.6) is 0 Å². The van der Waals surface area contributed by atoms with E-state index in [-0.39, 0.29) is 5.82 Å². The van der Waals surface area contributed by atoms with Gasteiger partial charge in [-0.2, -0.15) is 9.61 Å². The summed E-state index contributed by atoms with van der Waals surface area (Å²) < 4.78 is 14.7. The Morgan fingerprint density at radius 2 is 1.85 bits per heavy atom. The summed E-state index contributed by atoms with van der Waals surface area (Å²) in [7, 11) is 0. The van der Waals surface area contributed by atoms with Crippen LogP contribution < -0.4 is 5.32 Å². The predicted molar refractivity (Wildman–Crippen MR) is 76.2 cm³/mol. The van der Waals surface area contributed by atoms with Crippen molar-refractivity contribution in [2.75, 3.05) is 5.32 Å². The zero-order chi connectivity index (χ0) is 14.1. The monoisotopic (exact) mass is 270 g/mol. The molecule has 2 aromatic heterocycles. The highest BCUT2D eigenvalue weighted by Crippen LogP contribution is 2.15. The Balaban J connectivity index is 1.88. The van der Waals surface area contributed by atoms with Gasteiger partial charge >= 0.3 is 0 Å². The van der Waals surface area contributed by atoms with E-state index < -0.39 is 0 Å². The third-order valence-corrected chi connectivity index (χ3v) is 3.06. The molecule has 0 fully saturated rings. The van der Waals surface area contributed by atoms with Crippen LogP contribution in [-0.2, 0) is 6.54 Å². The summed E-state index contributed by atoms with van der Waals surface area (Å²) in [5.74, 6) is 0.656. The summed E-state index contributed by atoms with van der Waals surface area (Å²) in [5.41, 5.74) is 3.69. The van der Waals surface area contributed by atoms with Crippen LogP contribution in [0.15, 0.2) is 36.4 Å². The summed E-state index contributed by atoms with van der Waals surface area (Å²) >= 11 is 0.